The highest BCUT2D eigenvalue weighted by Gasteiger charge is 2.64. The van der Waals surface area contributed by atoms with Crippen molar-refractivity contribution < 1.29 is 9.53 Å². The Kier molecular flexibility index (Phi) is 4.40. The lowest BCUT2D eigenvalue weighted by Crippen LogP contribution is -2.49. The second-order valence-corrected chi connectivity index (χ2v) is 5.19. The van der Waals surface area contributed by atoms with Crippen LogP contribution in [-0.4, -0.2) is 28.6 Å². The molecule has 1 aromatic rings. The van der Waals surface area contributed by atoms with Crippen LogP contribution < -0.4 is 0 Å². The summed E-state index contributed by atoms with van der Waals surface area (Å²) in [5.41, 5.74) is -1.43. The number of hydrogen-bond acceptors (Lipinski definition) is 5. The first-order chi connectivity index (χ1) is 10.1. The van der Waals surface area contributed by atoms with Crippen LogP contribution >= 0.6 is 11.6 Å². The fraction of sp³-hybridized carbons (Fsp3) is 0.500. The first-order valence-corrected chi connectivity index (χ1v) is 6.90. The number of carbonyl (C=O) groups is 1. The van der Waals surface area contributed by atoms with E-state index in [9.17, 15) is 10.1 Å². The second-order valence-electron chi connectivity index (χ2n) is 4.75. The molecule has 1 heterocycles. The number of carbonyl (C=O) groups excluding carboxylic acids is 1. The van der Waals surface area contributed by atoms with Gasteiger partial charge in [-0.3, -0.25) is 9.64 Å². The summed E-state index contributed by atoms with van der Waals surface area (Å²) in [5, 5.41) is 9.64. The van der Waals surface area contributed by atoms with Crippen LogP contribution in [0.15, 0.2) is 12.4 Å². The molecule has 0 amide bonds. The van der Waals surface area contributed by atoms with E-state index in [4.69, 9.17) is 22.9 Å². The summed E-state index contributed by atoms with van der Waals surface area (Å²) in [4.78, 5) is 24.1. The molecular formula is C14H13ClN4O2. The Morgan fingerprint density at radius 1 is 1.67 bits per heavy atom. The molecule has 7 heteroatoms. The van der Waals surface area contributed by atoms with Crippen molar-refractivity contribution in [3.05, 3.63) is 34.7 Å². The first kappa shape index (κ1) is 15.2. The van der Waals surface area contributed by atoms with Crippen molar-refractivity contribution in [1.29, 1.82) is 5.26 Å². The van der Waals surface area contributed by atoms with Gasteiger partial charge in [-0.15, -0.1) is 0 Å². The van der Waals surface area contributed by atoms with E-state index in [1.807, 2.05) is 6.07 Å². The molecule has 21 heavy (non-hydrogen) atoms. The van der Waals surface area contributed by atoms with E-state index in [0.717, 1.165) is 12.8 Å². The SMILES string of the molecule is [C-]#[N+]C(C#N)C(C(=O)OCC)(c1ncc(Cl)cn1)C1CC1. The number of nitrogens with zero attached hydrogens (tertiary/aromatic N) is 4. The van der Waals surface area contributed by atoms with Gasteiger partial charge in [0, 0.05) is 12.4 Å². The summed E-state index contributed by atoms with van der Waals surface area (Å²) in [5.74, 6) is -0.635. The van der Waals surface area contributed by atoms with Gasteiger partial charge in [0.25, 0.3) is 0 Å². The molecule has 1 aliphatic carbocycles. The molecule has 2 unspecified atom stereocenters. The lowest BCUT2D eigenvalue weighted by Gasteiger charge is -2.27. The molecule has 1 fully saturated rings. The number of rotatable bonds is 5. The third-order valence-electron chi connectivity index (χ3n) is 3.51. The molecule has 0 bridgehead atoms. The van der Waals surface area contributed by atoms with Crippen molar-refractivity contribution in [3.63, 3.8) is 0 Å². The zero-order chi connectivity index (χ0) is 15.5. The minimum atomic E-state index is -1.43. The van der Waals surface area contributed by atoms with Crippen LogP contribution in [0, 0.1) is 23.8 Å². The number of hydrogen-bond donors (Lipinski definition) is 0. The standard InChI is InChI=1S/C14H13ClN4O2/c1-3-21-13(20)14(9-4-5-9,11(6-16)17-2)12-18-7-10(15)8-19-12/h7-9,11H,3-5H2,1H3. The van der Waals surface area contributed by atoms with Gasteiger partial charge < -0.3 is 4.74 Å². The normalized spacial score (nSPS) is 17.9. The molecule has 0 aliphatic heterocycles. The summed E-state index contributed by atoms with van der Waals surface area (Å²) in [6, 6.07) is 0.681. The average Bonchev–Trinajstić information content (AvgIpc) is 3.31. The predicted octanol–water partition coefficient (Wildman–Crippen LogP) is 2.15. The molecule has 1 aromatic heterocycles. The third kappa shape index (κ3) is 2.55. The Bertz CT molecular complexity index is 601. The van der Waals surface area contributed by atoms with E-state index in [1.165, 1.54) is 12.4 Å². The van der Waals surface area contributed by atoms with Gasteiger partial charge in [-0.05, 0) is 25.7 Å². The van der Waals surface area contributed by atoms with Gasteiger partial charge in [-0.2, -0.15) is 5.26 Å². The number of aromatic nitrogens is 2. The molecular weight excluding hydrogens is 292 g/mol. The van der Waals surface area contributed by atoms with Crippen molar-refractivity contribution in [2.24, 2.45) is 5.92 Å². The summed E-state index contributed by atoms with van der Waals surface area (Å²) in [6.45, 7) is 9.11. The maximum absolute atomic E-state index is 12.6. The molecule has 0 radical (unpaired) electrons. The Labute approximate surface area is 127 Å². The van der Waals surface area contributed by atoms with E-state index in [2.05, 4.69) is 14.8 Å². The molecule has 108 valence electrons. The molecule has 2 atom stereocenters. The van der Waals surface area contributed by atoms with Gasteiger partial charge in [0.1, 0.15) is 0 Å². The summed E-state index contributed by atoms with van der Waals surface area (Å²) in [6.07, 6.45) is 4.19. The zero-order valence-corrected chi connectivity index (χ0v) is 12.2. The van der Waals surface area contributed by atoms with Gasteiger partial charge in [0.05, 0.1) is 11.6 Å². The van der Waals surface area contributed by atoms with Gasteiger partial charge in [-0.1, -0.05) is 11.6 Å². The van der Waals surface area contributed by atoms with Gasteiger partial charge in [-0.25, -0.2) is 16.5 Å². The summed E-state index contributed by atoms with van der Waals surface area (Å²) < 4.78 is 5.13. The Morgan fingerprint density at radius 3 is 2.71 bits per heavy atom. The quantitative estimate of drug-likeness (QED) is 0.615. The summed E-state index contributed by atoms with van der Waals surface area (Å²) >= 11 is 5.78. The van der Waals surface area contributed by atoms with Crippen LogP contribution in [0.5, 0.6) is 0 Å². The van der Waals surface area contributed by atoms with Gasteiger partial charge in [0.2, 0.25) is 5.41 Å². The lowest BCUT2D eigenvalue weighted by atomic mass is 9.75. The number of nitriles is 1. The van der Waals surface area contributed by atoms with E-state index in [1.54, 1.807) is 6.92 Å². The van der Waals surface area contributed by atoms with Crippen LogP contribution in [0.4, 0.5) is 0 Å². The molecule has 0 saturated heterocycles. The third-order valence-corrected chi connectivity index (χ3v) is 3.70. The van der Waals surface area contributed by atoms with E-state index in [0.29, 0.717) is 5.02 Å². The number of esters is 1. The molecule has 0 N–H and O–H groups in total. The van der Waals surface area contributed by atoms with E-state index in [-0.39, 0.29) is 18.3 Å². The minimum Gasteiger partial charge on any atom is -0.465 e. The average molecular weight is 305 g/mol. The zero-order valence-electron chi connectivity index (χ0n) is 11.4. The van der Waals surface area contributed by atoms with Gasteiger partial charge >= 0.3 is 12.0 Å². The number of halogens is 1. The second kappa shape index (κ2) is 6.07. The Hall–Kier alpha value is -2.18. The van der Waals surface area contributed by atoms with Crippen LogP contribution in [0.1, 0.15) is 25.6 Å². The van der Waals surface area contributed by atoms with Crippen molar-refractivity contribution in [1.82, 2.24) is 9.97 Å². The van der Waals surface area contributed by atoms with Crippen molar-refractivity contribution >= 4 is 17.6 Å². The van der Waals surface area contributed by atoms with Crippen molar-refractivity contribution in [2.45, 2.75) is 31.2 Å². The smallest absolute Gasteiger partial charge is 0.330 e. The maximum Gasteiger partial charge on any atom is 0.330 e. The highest BCUT2D eigenvalue weighted by atomic mass is 35.5. The molecule has 0 spiro atoms. The van der Waals surface area contributed by atoms with Crippen LogP contribution in [-0.2, 0) is 14.9 Å². The largest absolute Gasteiger partial charge is 0.465 e. The molecule has 6 nitrogen and oxygen atoms in total. The maximum atomic E-state index is 12.6. The number of ether oxygens (including phenoxy) is 1. The topological polar surface area (TPSA) is 80.2 Å². The minimum absolute atomic E-state index is 0.135. The fourth-order valence-electron chi connectivity index (χ4n) is 2.45. The molecule has 0 aromatic carbocycles. The fourth-order valence-corrected chi connectivity index (χ4v) is 2.54. The molecule has 2 rings (SSSR count). The monoisotopic (exact) mass is 304 g/mol. The van der Waals surface area contributed by atoms with Gasteiger partial charge in [0.15, 0.2) is 11.9 Å². The van der Waals surface area contributed by atoms with E-state index >= 15 is 0 Å². The van der Waals surface area contributed by atoms with Crippen LogP contribution in [0.3, 0.4) is 0 Å². The van der Waals surface area contributed by atoms with Crippen LogP contribution in [0.2, 0.25) is 5.02 Å². The Balaban J connectivity index is 2.61. The van der Waals surface area contributed by atoms with E-state index < -0.39 is 17.4 Å². The predicted molar refractivity (Wildman–Crippen MR) is 74.1 cm³/mol. The highest BCUT2D eigenvalue weighted by Crippen LogP contribution is 2.50. The van der Waals surface area contributed by atoms with Crippen molar-refractivity contribution in [2.75, 3.05) is 6.61 Å². The highest BCUT2D eigenvalue weighted by molar-refractivity contribution is 6.30. The molecule has 1 aliphatic rings. The lowest BCUT2D eigenvalue weighted by molar-refractivity contribution is -0.151. The van der Waals surface area contributed by atoms with Crippen LogP contribution in [0.25, 0.3) is 4.85 Å². The summed E-state index contributed by atoms with van der Waals surface area (Å²) in [7, 11) is 0. The Morgan fingerprint density at radius 2 is 2.29 bits per heavy atom. The van der Waals surface area contributed by atoms with Crippen molar-refractivity contribution in [3.8, 4) is 6.07 Å². The molecule has 1 saturated carbocycles. The first-order valence-electron chi connectivity index (χ1n) is 6.52.